The number of H-pyrrole nitrogens is 1. The molecule has 3 aromatic rings. The summed E-state index contributed by atoms with van der Waals surface area (Å²) in [4.78, 5) is 32.2. The number of carbonyl (C=O) groups is 2. The van der Waals surface area contributed by atoms with Crippen molar-refractivity contribution in [3.8, 4) is 23.3 Å². The van der Waals surface area contributed by atoms with Crippen LogP contribution in [0.2, 0.25) is 0 Å². The molecule has 1 saturated carbocycles. The molecule has 2 heterocycles. The van der Waals surface area contributed by atoms with E-state index in [2.05, 4.69) is 80.4 Å². The molecule has 2 aromatic heterocycles. The van der Waals surface area contributed by atoms with Gasteiger partial charge in [-0.1, -0.05) is 93.5 Å². The van der Waals surface area contributed by atoms with E-state index in [4.69, 9.17) is 14.5 Å². The van der Waals surface area contributed by atoms with E-state index in [1.165, 1.54) is 10.1 Å². The number of nitrogens with zero attached hydrogens (tertiary/aromatic N) is 3. The van der Waals surface area contributed by atoms with Gasteiger partial charge in [0.2, 0.25) is 5.88 Å². The summed E-state index contributed by atoms with van der Waals surface area (Å²) >= 11 is 0. The summed E-state index contributed by atoms with van der Waals surface area (Å²) in [5, 5.41) is 13.6. The lowest BCUT2D eigenvalue weighted by Crippen LogP contribution is -2.49. The number of benzene rings is 1. The zero-order valence-electron chi connectivity index (χ0n) is 29.5. The van der Waals surface area contributed by atoms with Gasteiger partial charge in [-0.05, 0) is 61.3 Å². The molecular formula is C37H52N4O4. The van der Waals surface area contributed by atoms with Gasteiger partial charge in [-0.3, -0.25) is 9.89 Å². The third kappa shape index (κ3) is 6.98. The van der Waals surface area contributed by atoms with Gasteiger partial charge >= 0.3 is 11.9 Å². The summed E-state index contributed by atoms with van der Waals surface area (Å²) in [6, 6.07) is 10.2. The highest BCUT2D eigenvalue weighted by Crippen LogP contribution is 2.50. The maximum absolute atomic E-state index is 14.3. The molecule has 1 aliphatic rings. The average molecular weight is 617 g/mol. The Hall–Kier alpha value is -3.60. The maximum Gasteiger partial charge on any atom is 0.343 e. The first-order chi connectivity index (χ1) is 20.5. The van der Waals surface area contributed by atoms with Gasteiger partial charge in [0.05, 0.1) is 5.41 Å². The molecule has 1 aliphatic carbocycles. The van der Waals surface area contributed by atoms with E-state index in [0.717, 1.165) is 18.4 Å². The summed E-state index contributed by atoms with van der Waals surface area (Å²) in [5.74, 6) is -0.0341. The van der Waals surface area contributed by atoms with E-state index in [-0.39, 0.29) is 56.8 Å². The number of nitriles is 1. The molecule has 0 aliphatic heterocycles. The van der Waals surface area contributed by atoms with Crippen molar-refractivity contribution < 1.29 is 19.1 Å². The van der Waals surface area contributed by atoms with Crippen LogP contribution < -0.4 is 4.74 Å². The van der Waals surface area contributed by atoms with Gasteiger partial charge in [0, 0.05) is 17.4 Å². The Morgan fingerprint density at radius 1 is 0.911 bits per heavy atom. The van der Waals surface area contributed by atoms with Gasteiger partial charge in [-0.15, -0.1) is 0 Å². The Balaban J connectivity index is 1.88. The SMILES string of the molecule is CC1CC(C(C)(C)C)C(OC(=O)c2c(C#N)c(OC(=O)C(C)(C)C)n3[nH]c(-c4ccc(C(C)(C)C)cc4)nc23)C(C(C)(C)C)C1. The van der Waals surface area contributed by atoms with E-state index >= 15 is 0 Å². The molecule has 2 unspecified atom stereocenters. The molecule has 0 spiro atoms. The van der Waals surface area contributed by atoms with Gasteiger partial charge in [0.25, 0.3) is 0 Å². The smallest absolute Gasteiger partial charge is 0.343 e. The molecule has 0 radical (unpaired) electrons. The molecule has 1 fully saturated rings. The highest BCUT2D eigenvalue weighted by molar-refractivity contribution is 6.01. The Morgan fingerprint density at radius 3 is 1.89 bits per heavy atom. The minimum atomic E-state index is -0.845. The molecule has 2 atom stereocenters. The molecule has 1 aromatic carbocycles. The van der Waals surface area contributed by atoms with E-state index < -0.39 is 17.4 Å². The van der Waals surface area contributed by atoms with E-state index in [0.29, 0.717) is 11.7 Å². The van der Waals surface area contributed by atoms with Crippen LogP contribution in [-0.4, -0.2) is 32.6 Å². The van der Waals surface area contributed by atoms with E-state index in [1.54, 1.807) is 20.8 Å². The Morgan fingerprint density at radius 2 is 1.44 bits per heavy atom. The predicted octanol–water partition coefficient (Wildman–Crippen LogP) is 8.73. The lowest BCUT2D eigenvalue weighted by molar-refractivity contribution is -0.143. The fraction of sp³-hybridized carbons (Fsp3) is 0.622. The number of hydrogen-bond donors (Lipinski definition) is 1. The van der Waals surface area contributed by atoms with Crippen molar-refractivity contribution >= 4 is 17.6 Å². The molecule has 1 N–H and O–H groups in total. The molecular weight excluding hydrogens is 564 g/mol. The fourth-order valence-electron chi connectivity index (χ4n) is 6.43. The van der Waals surface area contributed by atoms with Crippen LogP contribution in [0.15, 0.2) is 24.3 Å². The first-order valence-corrected chi connectivity index (χ1v) is 16.1. The van der Waals surface area contributed by atoms with Crippen LogP contribution in [-0.2, 0) is 14.9 Å². The monoisotopic (exact) mass is 616 g/mol. The van der Waals surface area contributed by atoms with Gasteiger partial charge in [-0.25, -0.2) is 14.3 Å². The summed E-state index contributed by atoms with van der Waals surface area (Å²) in [6.07, 6.45) is 1.52. The molecule has 0 amide bonds. The summed E-state index contributed by atoms with van der Waals surface area (Å²) in [7, 11) is 0. The van der Waals surface area contributed by atoms with Crippen molar-refractivity contribution in [2.24, 2.45) is 34.0 Å². The maximum atomic E-state index is 14.3. The van der Waals surface area contributed by atoms with Crippen molar-refractivity contribution in [3.05, 3.63) is 41.0 Å². The minimum absolute atomic E-state index is 0.00182. The lowest BCUT2D eigenvalue weighted by Gasteiger charge is -2.50. The number of aromatic nitrogens is 3. The average Bonchev–Trinajstić information content (AvgIpc) is 3.44. The molecule has 4 rings (SSSR count). The number of esters is 2. The zero-order chi connectivity index (χ0) is 33.9. The van der Waals surface area contributed by atoms with Crippen LogP contribution in [0.25, 0.3) is 17.0 Å². The first kappa shape index (κ1) is 34.3. The van der Waals surface area contributed by atoms with Gasteiger partial charge in [0.15, 0.2) is 11.5 Å². The summed E-state index contributed by atoms with van der Waals surface area (Å²) in [6.45, 7) is 27.1. The van der Waals surface area contributed by atoms with Crippen molar-refractivity contribution in [2.45, 2.75) is 114 Å². The van der Waals surface area contributed by atoms with Gasteiger partial charge < -0.3 is 9.47 Å². The number of fused-ring (bicyclic) bond motifs is 1. The van der Waals surface area contributed by atoms with Crippen LogP contribution in [0.5, 0.6) is 5.88 Å². The van der Waals surface area contributed by atoms with Crippen molar-refractivity contribution in [1.82, 2.24) is 14.6 Å². The quantitative estimate of drug-likeness (QED) is 0.294. The number of nitrogens with one attached hydrogen (secondary N) is 1. The molecule has 8 heteroatoms. The minimum Gasteiger partial charge on any atom is -0.458 e. The largest absolute Gasteiger partial charge is 0.458 e. The highest BCUT2D eigenvalue weighted by Gasteiger charge is 2.48. The van der Waals surface area contributed by atoms with Crippen molar-refractivity contribution in [2.75, 3.05) is 0 Å². The fourth-order valence-corrected chi connectivity index (χ4v) is 6.43. The summed E-state index contributed by atoms with van der Waals surface area (Å²) in [5.41, 5.74) is 0.996. The third-order valence-electron chi connectivity index (χ3n) is 9.25. The van der Waals surface area contributed by atoms with Crippen LogP contribution in [0.1, 0.15) is 124 Å². The van der Waals surface area contributed by atoms with E-state index in [1.807, 2.05) is 24.3 Å². The Labute approximate surface area is 268 Å². The number of hydrogen-bond acceptors (Lipinski definition) is 6. The lowest BCUT2D eigenvalue weighted by atomic mass is 9.59. The number of ether oxygens (including phenoxy) is 2. The van der Waals surface area contributed by atoms with Crippen LogP contribution in [0, 0.1) is 45.3 Å². The van der Waals surface area contributed by atoms with Gasteiger partial charge in [-0.2, -0.15) is 5.26 Å². The van der Waals surface area contributed by atoms with Gasteiger partial charge in [0.1, 0.15) is 23.3 Å². The van der Waals surface area contributed by atoms with Crippen LogP contribution in [0.4, 0.5) is 0 Å². The molecule has 0 bridgehead atoms. The standard InChI is InChI=1S/C37H52N4O4/c1-21-18-25(35(5,6)7)28(26(19-21)36(8,9)10)44-32(42)27-24(20-38)31(45-33(43)37(11,12)13)41-30(27)39-29(40-41)22-14-16-23(17-15-22)34(2,3)4/h14-17,21,25-26,28H,18-19H2,1-13H3,(H,39,40). The normalized spacial score (nSPS) is 21.4. The summed E-state index contributed by atoms with van der Waals surface area (Å²) < 4.78 is 13.8. The number of aromatic amines is 1. The van der Waals surface area contributed by atoms with Crippen LogP contribution in [0.3, 0.4) is 0 Å². The van der Waals surface area contributed by atoms with E-state index in [9.17, 15) is 14.9 Å². The highest BCUT2D eigenvalue weighted by atomic mass is 16.6. The topological polar surface area (TPSA) is 109 Å². The second-order valence-electron chi connectivity index (χ2n) is 17.3. The second kappa shape index (κ2) is 11.6. The zero-order valence-corrected chi connectivity index (χ0v) is 29.5. The van der Waals surface area contributed by atoms with Crippen LogP contribution >= 0.6 is 0 Å². The predicted molar refractivity (Wildman–Crippen MR) is 177 cm³/mol. The number of carbonyl (C=O) groups excluding carboxylic acids is 2. The molecule has 45 heavy (non-hydrogen) atoms. The molecule has 8 nitrogen and oxygen atoms in total. The third-order valence-corrected chi connectivity index (χ3v) is 9.25. The second-order valence-corrected chi connectivity index (χ2v) is 17.3. The van der Waals surface area contributed by atoms with Crippen molar-refractivity contribution in [1.29, 1.82) is 5.26 Å². The Bertz CT molecular complexity index is 1580. The Kier molecular flexibility index (Phi) is 8.87. The first-order valence-electron chi connectivity index (χ1n) is 16.1. The number of rotatable bonds is 4. The molecule has 0 saturated heterocycles. The molecule has 244 valence electrons. The van der Waals surface area contributed by atoms with Crippen molar-refractivity contribution in [3.63, 3.8) is 0 Å².